The molecule has 5 heteroatoms. The maximum Gasteiger partial charge on any atom is 0.425 e. The Hall–Kier alpha value is -1.52. The van der Waals surface area contributed by atoms with E-state index in [0.29, 0.717) is 0 Å². The standard InChI is InChI=1S/C13H14F3NO/c1-11(2,3)17-10(18)12(17,13(14,15)16)9-7-5-4-6-8-9/h4-8H,1-3H3. The number of amides is 1. The molecule has 1 aromatic rings. The summed E-state index contributed by atoms with van der Waals surface area (Å²) < 4.78 is 40.0. The van der Waals surface area contributed by atoms with Crippen molar-refractivity contribution in [1.29, 1.82) is 0 Å². The lowest BCUT2D eigenvalue weighted by Crippen LogP contribution is -2.40. The Balaban J connectivity index is 2.58. The van der Waals surface area contributed by atoms with Gasteiger partial charge in [-0.1, -0.05) is 30.3 Å². The molecule has 0 radical (unpaired) electrons. The maximum atomic E-state index is 13.3. The highest BCUT2D eigenvalue weighted by molar-refractivity contribution is 6.04. The first-order chi connectivity index (χ1) is 8.13. The largest absolute Gasteiger partial charge is 0.425 e. The van der Waals surface area contributed by atoms with Gasteiger partial charge in [-0.05, 0) is 26.3 Å². The highest BCUT2D eigenvalue weighted by Gasteiger charge is 2.81. The number of halogens is 3. The van der Waals surface area contributed by atoms with Crippen molar-refractivity contribution >= 4 is 5.91 Å². The third-order valence-corrected chi connectivity index (χ3v) is 3.07. The number of nitrogens with zero attached hydrogens (tertiary/aromatic N) is 1. The van der Waals surface area contributed by atoms with E-state index in [9.17, 15) is 18.0 Å². The molecule has 1 aliphatic heterocycles. The van der Waals surface area contributed by atoms with Crippen molar-refractivity contribution in [3.63, 3.8) is 0 Å². The molecule has 2 nitrogen and oxygen atoms in total. The van der Waals surface area contributed by atoms with Crippen LogP contribution in [0.15, 0.2) is 30.3 Å². The van der Waals surface area contributed by atoms with Crippen molar-refractivity contribution in [2.24, 2.45) is 0 Å². The summed E-state index contributed by atoms with van der Waals surface area (Å²) in [6.45, 7) is 4.80. The van der Waals surface area contributed by atoms with Crippen LogP contribution in [0, 0.1) is 0 Å². The molecule has 0 N–H and O–H groups in total. The van der Waals surface area contributed by atoms with E-state index in [-0.39, 0.29) is 5.56 Å². The number of hydrogen-bond donors (Lipinski definition) is 0. The molecule has 18 heavy (non-hydrogen) atoms. The first-order valence-corrected chi connectivity index (χ1v) is 5.60. The van der Waals surface area contributed by atoms with Gasteiger partial charge in [0.1, 0.15) is 0 Å². The zero-order chi connectivity index (χ0) is 13.8. The highest BCUT2D eigenvalue weighted by atomic mass is 19.4. The lowest BCUT2D eigenvalue weighted by Gasteiger charge is -2.27. The smallest absolute Gasteiger partial charge is 0.309 e. The molecule has 1 heterocycles. The van der Waals surface area contributed by atoms with Crippen molar-refractivity contribution in [2.45, 2.75) is 38.0 Å². The molecule has 1 saturated heterocycles. The summed E-state index contributed by atoms with van der Waals surface area (Å²) >= 11 is 0. The van der Waals surface area contributed by atoms with Gasteiger partial charge in [-0.25, -0.2) is 0 Å². The molecule has 1 aromatic carbocycles. The molecule has 1 unspecified atom stereocenters. The summed E-state index contributed by atoms with van der Waals surface area (Å²) in [5.74, 6) is -0.881. The number of rotatable bonds is 1. The molecule has 0 spiro atoms. The molecule has 2 rings (SSSR count). The first kappa shape index (κ1) is 12.9. The van der Waals surface area contributed by atoms with Gasteiger partial charge in [0.25, 0.3) is 5.91 Å². The number of carbonyl (C=O) groups is 1. The fourth-order valence-electron chi connectivity index (χ4n) is 2.38. The molecule has 1 fully saturated rings. The third kappa shape index (κ3) is 1.53. The summed E-state index contributed by atoms with van der Waals surface area (Å²) in [6.07, 6.45) is -4.61. The summed E-state index contributed by atoms with van der Waals surface area (Å²) in [5, 5.41) is 0. The van der Waals surface area contributed by atoms with E-state index < -0.39 is 23.2 Å². The minimum absolute atomic E-state index is 0.0163. The highest BCUT2D eigenvalue weighted by Crippen LogP contribution is 2.58. The predicted molar refractivity (Wildman–Crippen MR) is 60.8 cm³/mol. The molecule has 0 aliphatic carbocycles. The van der Waals surface area contributed by atoms with Gasteiger partial charge in [-0.2, -0.15) is 13.2 Å². The predicted octanol–water partition coefficient (Wildman–Crippen LogP) is 3.08. The third-order valence-electron chi connectivity index (χ3n) is 3.07. The Morgan fingerprint density at radius 2 is 1.56 bits per heavy atom. The van der Waals surface area contributed by atoms with Crippen molar-refractivity contribution < 1.29 is 18.0 Å². The zero-order valence-electron chi connectivity index (χ0n) is 10.4. The zero-order valence-corrected chi connectivity index (χ0v) is 10.4. The summed E-state index contributed by atoms with van der Waals surface area (Å²) in [5.41, 5.74) is -3.34. The minimum atomic E-state index is -4.61. The van der Waals surface area contributed by atoms with Crippen LogP contribution in [0.2, 0.25) is 0 Å². The Bertz CT molecular complexity index is 475. The molecular weight excluding hydrogens is 243 g/mol. The van der Waals surface area contributed by atoms with Gasteiger partial charge in [0.2, 0.25) is 5.54 Å². The van der Waals surface area contributed by atoms with Gasteiger partial charge in [0, 0.05) is 5.54 Å². The van der Waals surface area contributed by atoms with Gasteiger partial charge < -0.3 is 4.90 Å². The number of alkyl halides is 3. The second kappa shape index (κ2) is 3.49. The van der Waals surface area contributed by atoms with Gasteiger partial charge in [-0.3, -0.25) is 4.79 Å². The summed E-state index contributed by atoms with van der Waals surface area (Å²) in [6, 6.07) is 7.33. The second-order valence-corrected chi connectivity index (χ2v) is 5.39. The van der Waals surface area contributed by atoms with Crippen LogP contribution in [0.5, 0.6) is 0 Å². The van der Waals surface area contributed by atoms with Crippen molar-refractivity contribution in [1.82, 2.24) is 4.90 Å². The lowest BCUT2D eigenvalue weighted by atomic mass is 9.96. The summed E-state index contributed by atoms with van der Waals surface area (Å²) in [7, 11) is 0. The van der Waals surface area contributed by atoms with Crippen LogP contribution in [0.4, 0.5) is 13.2 Å². The molecular formula is C13H14F3NO. The van der Waals surface area contributed by atoms with Gasteiger partial charge >= 0.3 is 6.18 Å². The van der Waals surface area contributed by atoms with Crippen LogP contribution < -0.4 is 0 Å². The molecule has 1 aliphatic rings. The fourth-order valence-corrected chi connectivity index (χ4v) is 2.38. The first-order valence-electron chi connectivity index (χ1n) is 5.60. The van der Waals surface area contributed by atoms with Gasteiger partial charge in [0.05, 0.1) is 0 Å². The van der Waals surface area contributed by atoms with Crippen molar-refractivity contribution in [3.05, 3.63) is 35.9 Å². The SMILES string of the molecule is CC(C)(C)N1C(=O)C1(c1ccccc1)C(F)(F)F. The van der Waals surface area contributed by atoms with E-state index in [4.69, 9.17) is 0 Å². The van der Waals surface area contributed by atoms with E-state index >= 15 is 0 Å². The van der Waals surface area contributed by atoms with E-state index in [0.717, 1.165) is 4.90 Å². The normalized spacial score (nSPS) is 24.3. The van der Waals surface area contributed by atoms with E-state index in [1.54, 1.807) is 26.8 Å². The number of carbonyl (C=O) groups excluding carboxylic acids is 1. The molecule has 0 bridgehead atoms. The molecule has 0 aromatic heterocycles. The van der Waals surface area contributed by atoms with Gasteiger partial charge in [0.15, 0.2) is 0 Å². The molecule has 98 valence electrons. The Labute approximate surface area is 103 Å². The van der Waals surface area contributed by atoms with Crippen LogP contribution in [-0.2, 0) is 10.3 Å². The van der Waals surface area contributed by atoms with E-state index in [1.807, 2.05) is 0 Å². The topological polar surface area (TPSA) is 20.1 Å². The molecule has 1 atom stereocenters. The monoisotopic (exact) mass is 257 g/mol. The van der Waals surface area contributed by atoms with Gasteiger partial charge in [-0.15, -0.1) is 0 Å². The Morgan fingerprint density at radius 1 is 1.06 bits per heavy atom. The quantitative estimate of drug-likeness (QED) is 0.708. The fraction of sp³-hybridized carbons (Fsp3) is 0.462. The average molecular weight is 257 g/mol. The van der Waals surface area contributed by atoms with Crippen molar-refractivity contribution in [3.8, 4) is 0 Å². The molecule has 1 amide bonds. The van der Waals surface area contributed by atoms with Crippen LogP contribution >= 0.6 is 0 Å². The van der Waals surface area contributed by atoms with Crippen LogP contribution in [0.3, 0.4) is 0 Å². The van der Waals surface area contributed by atoms with E-state index in [1.165, 1.54) is 24.3 Å². The molecule has 0 saturated carbocycles. The van der Waals surface area contributed by atoms with E-state index in [2.05, 4.69) is 0 Å². The minimum Gasteiger partial charge on any atom is -0.309 e. The Morgan fingerprint density at radius 3 is 1.89 bits per heavy atom. The maximum absolute atomic E-state index is 13.3. The van der Waals surface area contributed by atoms with Crippen molar-refractivity contribution in [2.75, 3.05) is 0 Å². The van der Waals surface area contributed by atoms with Crippen LogP contribution in [0.25, 0.3) is 0 Å². The number of hydrogen-bond acceptors (Lipinski definition) is 1. The second-order valence-electron chi connectivity index (χ2n) is 5.39. The van der Waals surface area contributed by atoms with Crippen LogP contribution in [-0.4, -0.2) is 22.5 Å². The van der Waals surface area contributed by atoms with Crippen LogP contribution in [0.1, 0.15) is 26.3 Å². The lowest BCUT2D eigenvalue weighted by molar-refractivity contribution is -0.179. The summed E-state index contributed by atoms with van der Waals surface area (Å²) in [4.78, 5) is 12.7. The Kier molecular flexibility index (Phi) is 2.51. The average Bonchev–Trinajstić information content (AvgIpc) is 2.86. The number of benzene rings is 1.